The lowest BCUT2D eigenvalue weighted by Gasteiger charge is -2.49. The monoisotopic (exact) mass is 327 g/mol. The van der Waals surface area contributed by atoms with Crippen LogP contribution in [0.25, 0.3) is 11.3 Å². The van der Waals surface area contributed by atoms with Crippen LogP contribution in [0.1, 0.15) is 12.5 Å². The Balaban J connectivity index is 2.07. The van der Waals surface area contributed by atoms with E-state index in [1.165, 1.54) is 0 Å². The van der Waals surface area contributed by atoms with E-state index in [0.29, 0.717) is 0 Å². The fraction of sp³-hybridized carbons (Fsp3) is 0.263. The Morgan fingerprint density at radius 3 is 2.16 bits per heavy atom. The van der Waals surface area contributed by atoms with Gasteiger partial charge in [0.15, 0.2) is 10.8 Å². The molecule has 1 aliphatic carbocycles. The predicted molar refractivity (Wildman–Crippen MR) is 87.4 cm³/mol. The molecule has 3 rings (SSSR count). The van der Waals surface area contributed by atoms with Crippen molar-refractivity contribution in [2.75, 3.05) is 7.11 Å². The number of benzene rings is 1. The van der Waals surface area contributed by atoms with Gasteiger partial charge in [0, 0.05) is 18.3 Å². The summed E-state index contributed by atoms with van der Waals surface area (Å²) < 4.78 is 6.96. The number of rotatable bonds is 3. The summed E-state index contributed by atoms with van der Waals surface area (Å²) in [5.41, 5.74) is -1.60. The van der Waals surface area contributed by atoms with Crippen LogP contribution in [0.15, 0.2) is 42.6 Å². The Labute approximate surface area is 145 Å². The van der Waals surface area contributed by atoms with E-state index in [4.69, 9.17) is 4.74 Å². The zero-order valence-corrected chi connectivity index (χ0v) is 13.5. The first-order valence-electron chi connectivity index (χ1n) is 7.57. The average Bonchev–Trinajstić information content (AvgIpc) is 3.12. The molecule has 25 heavy (non-hydrogen) atoms. The molecule has 0 amide bonds. The van der Waals surface area contributed by atoms with Gasteiger partial charge in [0.25, 0.3) is 0 Å². The summed E-state index contributed by atoms with van der Waals surface area (Å²) in [4.78, 5) is 0. The molecule has 0 aliphatic heterocycles. The summed E-state index contributed by atoms with van der Waals surface area (Å²) in [5, 5.41) is 38.0. The van der Waals surface area contributed by atoms with Crippen LogP contribution >= 0.6 is 0 Å². The predicted octanol–water partition coefficient (Wildman–Crippen LogP) is 3.18. The molecule has 1 heterocycles. The molecule has 120 valence electrons. The highest BCUT2D eigenvalue weighted by molar-refractivity contribution is 5.62. The molecule has 1 fully saturated rings. The molecule has 6 nitrogen and oxygen atoms in total. The number of aromatic nitrogens is 1. The molecule has 0 N–H and O–H groups in total. The van der Waals surface area contributed by atoms with Crippen molar-refractivity contribution in [1.29, 1.82) is 21.0 Å². The minimum atomic E-state index is -1.70. The maximum Gasteiger partial charge on any atom is 0.195 e. The summed E-state index contributed by atoms with van der Waals surface area (Å²) >= 11 is 0. The van der Waals surface area contributed by atoms with Gasteiger partial charge in [0.05, 0.1) is 37.4 Å². The number of nitriles is 4. The third-order valence-corrected chi connectivity index (χ3v) is 4.91. The van der Waals surface area contributed by atoms with Gasteiger partial charge < -0.3 is 9.30 Å². The van der Waals surface area contributed by atoms with E-state index in [9.17, 15) is 21.0 Å². The second kappa shape index (κ2) is 5.72. The van der Waals surface area contributed by atoms with Gasteiger partial charge in [-0.3, -0.25) is 0 Å². The van der Waals surface area contributed by atoms with Crippen LogP contribution in [0.3, 0.4) is 0 Å². The van der Waals surface area contributed by atoms with E-state index in [-0.39, 0.29) is 6.42 Å². The second-order valence-electron chi connectivity index (χ2n) is 5.91. The zero-order valence-electron chi connectivity index (χ0n) is 13.5. The highest BCUT2D eigenvalue weighted by Gasteiger charge is 2.70. The minimum Gasteiger partial charge on any atom is -0.497 e. The van der Waals surface area contributed by atoms with E-state index in [2.05, 4.69) is 0 Å². The molecule has 1 aromatic heterocycles. The molecule has 1 atom stereocenters. The Kier molecular flexibility index (Phi) is 3.69. The van der Waals surface area contributed by atoms with Crippen molar-refractivity contribution in [3.63, 3.8) is 0 Å². The Morgan fingerprint density at radius 2 is 1.64 bits per heavy atom. The Morgan fingerprint density at radius 1 is 1.00 bits per heavy atom. The number of ether oxygens (including phenoxy) is 1. The van der Waals surface area contributed by atoms with Gasteiger partial charge in [-0.25, -0.2) is 0 Å². The second-order valence-corrected chi connectivity index (χ2v) is 5.91. The summed E-state index contributed by atoms with van der Waals surface area (Å²) in [6.45, 7) is 0. The summed E-state index contributed by atoms with van der Waals surface area (Å²) in [7, 11) is 1.59. The standard InChI is InChI=1S/C19H13N5O/c1-25-15-6-4-14(5-7-15)16-3-2-8-24(16)17-9-18(10-20,11-21)19(17,12-22)13-23/h2-8,17H,9H2,1H3. The molecule has 0 spiro atoms. The zero-order chi connectivity index (χ0) is 18.1. The smallest absolute Gasteiger partial charge is 0.195 e. The molecule has 0 saturated heterocycles. The minimum absolute atomic E-state index is 0.138. The number of hydrogen-bond acceptors (Lipinski definition) is 5. The lowest BCUT2D eigenvalue weighted by molar-refractivity contribution is 0.0462. The highest BCUT2D eigenvalue weighted by Crippen LogP contribution is 2.62. The lowest BCUT2D eigenvalue weighted by atomic mass is 9.48. The van der Waals surface area contributed by atoms with Gasteiger partial charge in [-0.1, -0.05) is 0 Å². The van der Waals surface area contributed by atoms with Crippen molar-refractivity contribution in [2.45, 2.75) is 12.5 Å². The molecule has 0 radical (unpaired) electrons. The SMILES string of the molecule is COc1ccc(-c2cccn2C2CC(C#N)(C#N)C2(C#N)C#N)cc1. The molecule has 1 unspecified atom stereocenters. The molecule has 1 aromatic carbocycles. The van der Waals surface area contributed by atoms with Gasteiger partial charge in [0.1, 0.15) is 5.75 Å². The average molecular weight is 327 g/mol. The molecule has 6 heteroatoms. The quantitative estimate of drug-likeness (QED) is 0.860. The maximum absolute atomic E-state index is 9.63. The summed E-state index contributed by atoms with van der Waals surface area (Å²) in [5.74, 6) is 0.724. The van der Waals surface area contributed by atoms with Gasteiger partial charge in [-0.05, 0) is 42.0 Å². The van der Waals surface area contributed by atoms with Crippen LogP contribution in [0.4, 0.5) is 0 Å². The lowest BCUT2D eigenvalue weighted by Crippen LogP contribution is -2.56. The van der Waals surface area contributed by atoms with E-state index in [0.717, 1.165) is 17.0 Å². The Bertz CT molecular complexity index is 947. The summed E-state index contributed by atoms with van der Waals surface area (Å²) in [6.07, 6.45) is 1.91. The number of nitrogens with zero attached hydrogens (tertiary/aromatic N) is 5. The third kappa shape index (κ3) is 1.99. The number of hydrogen-bond donors (Lipinski definition) is 0. The maximum atomic E-state index is 9.63. The largest absolute Gasteiger partial charge is 0.497 e. The normalized spacial score (nSPS) is 19.3. The molecule has 0 bridgehead atoms. The summed E-state index contributed by atoms with van der Waals surface area (Å²) in [6, 6.07) is 18.2. The number of methoxy groups -OCH3 is 1. The van der Waals surface area contributed by atoms with Crippen molar-refractivity contribution >= 4 is 0 Å². The Hall–Kier alpha value is -3.74. The van der Waals surface area contributed by atoms with E-state index >= 15 is 0 Å². The third-order valence-electron chi connectivity index (χ3n) is 4.91. The van der Waals surface area contributed by atoms with Crippen LogP contribution in [0.2, 0.25) is 0 Å². The van der Waals surface area contributed by atoms with Crippen LogP contribution < -0.4 is 4.74 Å². The molecular weight excluding hydrogens is 314 g/mol. The van der Waals surface area contributed by atoms with E-state index < -0.39 is 16.9 Å². The van der Waals surface area contributed by atoms with Crippen LogP contribution in [-0.4, -0.2) is 11.7 Å². The fourth-order valence-electron chi connectivity index (χ4n) is 3.39. The fourth-order valence-corrected chi connectivity index (χ4v) is 3.39. The highest BCUT2D eigenvalue weighted by atomic mass is 16.5. The molecule has 2 aromatic rings. The van der Waals surface area contributed by atoms with Crippen LogP contribution in [0, 0.1) is 56.2 Å². The first-order valence-corrected chi connectivity index (χ1v) is 7.57. The van der Waals surface area contributed by atoms with Gasteiger partial charge in [0.2, 0.25) is 0 Å². The van der Waals surface area contributed by atoms with Crippen molar-refractivity contribution in [2.24, 2.45) is 10.8 Å². The molecule has 1 saturated carbocycles. The van der Waals surface area contributed by atoms with Gasteiger partial charge in [-0.2, -0.15) is 21.0 Å². The van der Waals surface area contributed by atoms with Gasteiger partial charge >= 0.3 is 0 Å². The van der Waals surface area contributed by atoms with Crippen molar-refractivity contribution in [3.8, 4) is 41.3 Å². The van der Waals surface area contributed by atoms with Crippen molar-refractivity contribution < 1.29 is 4.74 Å². The molecular formula is C19H13N5O. The molecule has 1 aliphatic rings. The van der Waals surface area contributed by atoms with Gasteiger partial charge in [-0.15, -0.1) is 0 Å². The van der Waals surface area contributed by atoms with Crippen molar-refractivity contribution in [1.82, 2.24) is 4.57 Å². The van der Waals surface area contributed by atoms with Crippen LogP contribution in [0.5, 0.6) is 5.75 Å². The first kappa shape index (κ1) is 16.1. The van der Waals surface area contributed by atoms with E-state index in [1.54, 1.807) is 17.9 Å². The van der Waals surface area contributed by atoms with E-state index in [1.807, 2.05) is 60.7 Å². The van der Waals surface area contributed by atoms with Crippen molar-refractivity contribution in [3.05, 3.63) is 42.6 Å². The first-order chi connectivity index (χ1) is 12.1. The topological polar surface area (TPSA) is 109 Å². The van der Waals surface area contributed by atoms with Crippen LogP contribution in [-0.2, 0) is 0 Å².